The van der Waals surface area contributed by atoms with E-state index in [9.17, 15) is 9.59 Å². The van der Waals surface area contributed by atoms with E-state index in [0.29, 0.717) is 0 Å². The summed E-state index contributed by atoms with van der Waals surface area (Å²) >= 11 is 2.57. The van der Waals surface area contributed by atoms with E-state index in [0.717, 1.165) is 0 Å². The molecule has 0 rings (SSSR count). The fraction of sp³-hybridized carbons (Fsp3) is 0. The van der Waals surface area contributed by atoms with Crippen molar-refractivity contribution in [1.82, 2.24) is 9.66 Å². The normalized spacial score (nSPS) is 6.78. The monoisotopic (exact) mass is 205 g/mol. The van der Waals surface area contributed by atoms with Crippen LogP contribution in [0.15, 0.2) is 0 Å². The van der Waals surface area contributed by atoms with Gasteiger partial charge in [0.1, 0.15) is 0 Å². The third-order valence-corrected chi connectivity index (χ3v) is 0.683. The van der Waals surface area contributed by atoms with Gasteiger partial charge in [0.05, 0.1) is 16.1 Å². The van der Waals surface area contributed by atoms with Crippen molar-refractivity contribution in [2.45, 2.75) is 0 Å². The number of nitrogens with one attached hydrogen (secondary N) is 2. The van der Waals surface area contributed by atoms with Gasteiger partial charge < -0.3 is 7.16 Å². The number of carbonyl (C=O) groups is 2. The number of hydrogen-bond acceptors (Lipinski definition) is 2. The molecule has 48 valence electrons. The van der Waals surface area contributed by atoms with Crippen molar-refractivity contribution >= 4 is 28.2 Å². The zero-order chi connectivity index (χ0) is 6.57. The second-order valence-electron chi connectivity index (χ2n) is 0.913. The topological polar surface area (TPSA) is 84.2 Å². The van der Waals surface area contributed by atoms with Crippen LogP contribution in [0.1, 0.15) is 1.43 Å². The molecule has 0 unspecified atom stereocenters. The first-order valence-corrected chi connectivity index (χ1v) is 2.43. The maximum Gasteiger partial charge on any atom is 1.00 e. The molecule has 7 heteroatoms. The molecule has 0 heterocycles. The van der Waals surface area contributed by atoms with Crippen molar-refractivity contribution < 1.29 is 40.6 Å². The first-order chi connectivity index (χ1) is 3.66. The molecular formula is C2H5BrN3NaO2. The Morgan fingerprint density at radius 3 is 2.11 bits per heavy atom. The molecule has 9 heavy (non-hydrogen) atoms. The van der Waals surface area contributed by atoms with Gasteiger partial charge in [0.2, 0.25) is 0 Å². The number of rotatable bonds is 0. The van der Waals surface area contributed by atoms with Gasteiger partial charge in [-0.15, -0.1) is 0 Å². The van der Waals surface area contributed by atoms with Crippen molar-refractivity contribution in [1.29, 1.82) is 0 Å². The predicted molar refractivity (Wildman–Crippen MR) is 31.3 cm³/mol. The smallest absolute Gasteiger partial charge is 1.00 e. The fourth-order valence-corrected chi connectivity index (χ4v) is 0.235. The number of amides is 4. The molecule has 0 aromatic rings. The van der Waals surface area contributed by atoms with Crippen molar-refractivity contribution in [3.8, 4) is 0 Å². The number of hydrogen-bond donors (Lipinski definition) is 3. The standard InChI is InChI=1S/C2H4BrN3O2.Na.H/c3-6-2(8)5-1(4)7;;/h(H4,4,5,6,7,8);;/q;+1;-1. The fourth-order valence-electron chi connectivity index (χ4n) is 0.136. The van der Waals surface area contributed by atoms with Gasteiger partial charge >= 0.3 is 41.6 Å². The molecule has 0 aliphatic heterocycles. The Balaban J connectivity index is -0.000000245. The van der Waals surface area contributed by atoms with Crippen LogP contribution in [0.4, 0.5) is 9.59 Å². The molecular weight excluding hydrogens is 201 g/mol. The molecule has 0 aliphatic carbocycles. The Kier molecular flexibility index (Phi) is 8.42. The third kappa shape index (κ3) is 8.22. The summed E-state index contributed by atoms with van der Waals surface area (Å²) < 4.78 is 1.96. The molecule has 4 N–H and O–H groups in total. The number of imide groups is 1. The number of primary amides is 1. The predicted octanol–water partition coefficient (Wildman–Crippen LogP) is -3.21. The van der Waals surface area contributed by atoms with E-state index in [1.165, 1.54) is 0 Å². The Morgan fingerprint density at radius 1 is 1.56 bits per heavy atom. The molecule has 0 aliphatic rings. The van der Waals surface area contributed by atoms with Gasteiger partial charge in [-0.1, -0.05) is 0 Å². The van der Waals surface area contributed by atoms with Gasteiger partial charge in [-0.05, 0) is 0 Å². The van der Waals surface area contributed by atoms with Crippen LogP contribution >= 0.6 is 16.1 Å². The quantitative estimate of drug-likeness (QED) is 0.288. The summed E-state index contributed by atoms with van der Waals surface area (Å²) in [6.07, 6.45) is 0. The minimum atomic E-state index is -0.887. The molecule has 0 fully saturated rings. The van der Waals surface area contributed by atoms with Crippen molar-refractivity contribution in [3.63, 3.8) is 0 Å². The molecule has 0 spiro atoms. The first-order valence-electron chi connectivity index (χ1n) is 1.64. The maximum absolute atomic E-state index is 10.1. The average molecular weight is 206 g/mol. The SMILES string of the molecule is NC(=O)NC(=O)NBr.[H-].[Na+]. The van der Waals surface area contributed by atoms with Crippen LogP contribution in [-0.2, 0) is 0 Å². The summed E-state index contributed by atoms with van der Waals surface area (Å²) in [6, 6.07) is -1.57. The Morgan fingerprint density at radius 2 is 2.00 bits per heavy atom. The molecule has 0 bridgehead atoms. The van der Waals surface area contributed by atoms with E-state index in [-0.39, 0.29) is 31.0 Å². The minimum Gasteiger partial charge on any atom is -1.00 e. The van der Waals surface area contributed by atoms with Gasteiger partial charge in [0.15, 0.2) is 0 Å². The number of carbonyl (C=O) groups excluding carboxylic acids is 2. The summed E-state index contributed by atoms with van der Waals surface area (Å²) in [7, 11) is 0. The summed E-state index contributed by atoms with van der Waals surface area (Å²) in [5, 5.41) is 1.73. The number of halogens is 1. The zero-order valence-corrected chi connectivity index (χ0v) is 8.36. The second kappa shape index (κ2) is 6.34. The minimum absolute atomic E-state index is 0. The van der Waals surface area contributed by atoms with Crippen LogP contribution in [0.25, 0.3) is 0 Å². The van der Waals surface area contributed by atoms with Gasteiger partial charge in [0.25, 0.3) is 0 Å². The largest absolute Gasteiger partial charge is 1.00 e. The maximum atomic E-state index is 10.1. The van der Waals surface area contributed by atoms with Crippen LogP contribution < -0.4 is 45.0 Å². The van der Waals surface area contributed by atoms with Gasteiger partial charge in [-0.25, -0.2) is 9.59 Å². The second-order valence-corrected chi connectivity index (χ2v) is 1.31. The van der Waals surface area contributed by atoms with E-state index in [1.807, 2.05) is 4.34 Å². The summed E-state index contributed by atoms with van der Waals surface area (Å²) in [6.45, 7) is 0. The van der Waals surface area contributed by atoms with Crippen LogP contribution in [0, 0.1) is 0 Å². The van der Waals surface area contributed by atoms with Crippen LogP contribution in [-0.4, -0.2) is 12.1 Å². The van der Waals surface area contributed by atoms with E-state index < -0.39 is 12.1 Å². The van der Waals surface area contributed by atoms with Crippen LogP contribution in [0.5, 0.6) is 0 Å². The Bertz CT molecular complexity index is 123. The zero-order valence-electron chi connectivity index (χ0n) is 5.77. The molecule has 0 saturated carbocycles. The molecule has 0 aromatic heterocycles. The van der Waals surface area contributed by atoms with E-state index in [4.69, 9.17) is 0 Å². The van der Waals surface area contributed by atoms with Crippen molar-refractivity contribution in [2.24, 2.45) is 5.73 Å². The molecule has 0 atom stereocenters. The number of nitrogens with two attached hydrogens (primary N) is 1. The summed E-state index contributed by atoms with van der Waals surface area (Å²) in [4.78, 5) is 19.9. The molecule has 4 amide bonds. The Hall–Kier alpha value is 0.220. The summed E-state index contributed by atoms with van der Waals surface area (Å²) in [5.41, 5.74) is 4.54. The summed E-state index contributed by atoms with van der Waals surface area (Å²) in [5.74, 6) is 0. The van der Waals surface area contributed by atoms with Crippen molar-refractivity contribution in [2.75, 3.05) is 0 Å². The average Bonchev–Trinajstić information content (AvgIpc) is 1.65. The first kappa shape index (κ1) is 12.0. The molecule has 5 nitrogen and oxygen atoms in total. The van der Waals surface area contributed by atoms with E-state index >= 15 is 0 Å². The van der Waals surface area contributed by atoms with E-state index in [1.54, 1.807) is 5.32 Å². The number of urea groups is 2. The third-order valence-electron chi connectivity index (χ3n) is 0.323. The van der Waals surface area contributed by atoms with Gasteiger partial charge in [-0.2, -0.15) is 0 Å². The van der Waals surface area contributed by atoms with Gasteiger partial charge in [0, 0.05) is 0 Å². The van der Waals surface area contributed by atoms with E-state index in [2.05, 4.69) is 21.9 Å². The van der Waals surface area contributed by atoms with Crippen LogP contribution in [0.3, 0.4) is 0 Å². The van der Waals surface area contributed by atoms with Crippen LogP contribution in [0.2, 0.25) is 0 Å². The van der Waals surface area contributed by atoms with Gasteiger partial charge in [-0.3, -0.25) is 9.66 Å². The molecule has 0 aromatic carbocycles. The Labute approximate surface area is 83.8 Å². The van der Waals surface area contributed by atoms with Crippen molar-refractivity contribution in [3.05, 3.63) is 0 Å². The molecule has 0 radical (unpaired) electrons. The molecule has 0 saturated heterocycles.